The van der Waals surface area contributed by atoms with Crippen LogP contribution in [0.4, 0.5) is 0 Å². The first-order valence-corrected chi connectivity index (χ1v) is 11.6. The molecule has 0 saturated carbocycles. The van der Waals surface area contributed by atoms with Crippen molar-refractivity contribution in [3.8, 4) is 11.1 Å². The lowest BCUT2D eigenvalue weighted by molar-refractivity contribution is 0.192. The van der Waals surface area contributed by atoms with Crippen LogP contribution in [-0.4, -0.2) is 43.3 Å². The first-order valence-electron chi connectivity index (χ1n) is 10.5. The normalized spacial score (nSPS) is 16.6. The summed E-state index contributed by atoms with van der Waals surface area (Å²) >= 11 is 0. The zero-order chi connectivity index (χ0) is 21.8. The largest absolute Gasteiger partial charge is 0.302 e. The van der Waals surface area contributed by atoms with Crippen molar-refractivity contribution in [2.45, 2.75) is 64.8 Å². The van der Waals surface area contributed by atoms with Crippen LogP contribution < -0.4 is 4.72 Å². The molecule has 4 unspecified atom stereocenters. The Kier molecular flexibility index (Phi) is 8.20. The van der Waals surface area contributed by atoms with E-state index in [-0.39, 0.29) is 16.8 Å². The van der Waals surface area contributed by atoms with Crippen LogP contribution >= 0.6 is 0 Å². The summed E-state index contributed by atoms with van der Waals surface area (Å²) in [5, 5.41) is 4.30. The number of rotatable bonds is 9. The Morgan fingerprint density at radius 1 is 1.24 bits per heavy atom. The van der Waals surface area contributed by atoms with E-state index in [1.54, 1.807) is 0 Å². The smallest absolute Gasteiger partial charge is 0.0976 e. The number of hydrogen-bond donors (Lipinski definition) is 1. The predicted octanol–water partition coefficient (Wildman–Crippen LogP) is 4.55. The third kappa shape index (κ3) is 6.49. The quantitative estimate of drug-likeness (QED) is 0.650. The van der Waals surface area contributed by atoms with Crippen LogP contribution in [0.3, 0.4) is 0 Å². The van der Waals surface area contributed by atoms with E-state index in [1.165, 1.54) is 0 Å². The zero-order valence-corrected chi connectivity index (χ0v) is 20.1. The van der Waals surface area contributed by atoms with Gasteiger partial charge >= 0.3 is 0 Å². The second-order valence-corrected chi connectivity index (χ2v) is 11.2. The average Bonchev–Trinajstić information content (AvgIpc) is 3.10. The monoisotopic (exact) mass is 418 g/mol. The lowest BCUT2D eigenvalue weighted by Crippen LogP contribution is -2.46. The van der Waals surface area contributed by atoms with Crippen molar-refractivity contribution >= 4 is 11.0 Å². The molecular weight excluding hydrogens is 380 g/mol. The molecule has 0 amide bonds. The SMILES string of the molecule is CCC(C)CN(C)C(C)C(NS(=O)C(C)(C)C)c1cccc(-c2cnn(C)c2)c1. The fraction of sp³-hybridized carbons (Fsp3) is 0.609. The van der Waals surface area contributed by atoms with Crippen molar-refractivity contribution in [1.29, 1.82) is 0 Å². The molecule has 1 aromatic heterocycles. The molecular formula is C23H38N4OS. The second kappa shape index (κ2) is 10.0. The molecule has 0 bridgehead atoms. The van der Waals surface area contributed by atoms with Crippen LogP contribution in [0.1, 0.15) is 59.6 Å². The maximum atomic E-state index is 13.0. The van der Waals surface area contributed by atoms with Gasteiger partial charge in [0.25, 0.3) is 0 Å². The van der Waals surface area contributed by atoms with Gasteiger partial charge in [0.05, 0.1) is 28.0 Å². The molecule has 6 heteroatoms. The summed E-state index contributed by atoms with van der Waals surface area (Å²) in [5.74, 6) is 0.623. The molecule has 162 valence electrons. The molecule has 0 spiro atoms. The number of hydrogen-bond acceptors (Lipinski definition) is 3. The lowest BCUT2D eigenvalue weighted by Gasteiger charge is -2.35. The van der Waals surface area contributed by atoms with Gasteiger partial charge in [-0.15, -0.1) is 0 Å². The van der Waals surface area contributed by atoms with E-state index in [4.69, 9.17) is 0 Å². The van der Waals surface area contributed by atoms with Crippen molar-refractivity contribution in [1.82, 2.24) is 19.4 Å². The van der Waals surface area contributed by atoms with Crippen molar-refractivity contribution in [2.24, 2.45) is 13.0 Å². The highest BCUT2D eigenvalue weighted by Gasteiger charge is 2.29. The minimum absolute atomic E-state index is 0.0410. The summed E-state index contributed by atoms with van der Waals surface area (Å²) in [6.45, 7) is 13.8. The highest BCUT2D eigenvalue weighted by Crippen LogP contribution is 2.28. The highest BCUT2D eigenvalue weighted by atomic mass is 32.2. The number of likely N-dealkylation sites (N-methyl/N-ethyl adjacent to an activating group) is 1. The molecule has 0 aliphatic rings. The van der Waals surface area contributed by atoms with E-state index in [1.807, 2.05) is 44.9 Å². The van der Waals surface area contributed by atoms with Crippen LogP contribution in [0.2, 0.25) is 0 Å². The van der Waals surface area contributed by atoms with Crippen LogP contribution in [0, 0.1) is 5.92 Å². The summed E-state index contributed by atoms with van der Waals surface area (Å²) in [6.07, 6.45) is 5.06. The predicted molar refractivity (Wildman–Crippen MR) is 124 cm³/mol. The lowest BCUT2D eigenvalue weighted by atomic mass is 9.96. The number of aryl methyl sites for hydroxylation is 1. The first-order chi connectivity index (χ1) is 13.5. The van der Waals surface area contributed by atoms with Crippen molar-refractivity contribution in [2.75, 3.05) is 13.6 Å². The van der Waals surface area contributed by atoms with Gasteiger partial charge in [-0.1, -0.05) is 38.5 Å². The molecule has 0 radical (unpaired) electrons. The van der Waals surface area contributed by atoms with Crippen LogP contribution in [0.5, 0.6) is 0 Å². The fourth-order valence-electron chi connectivity index (χ4n) is 3.26. The molecule has 1 N–H and O–H groups in total. The molecule has 1 aromatic carbocycles. The Labute approximate surface area is 179 Å². The summed E-state index contributed by atoms with van der Waals surface area (Å²) < 4.78 is 17.9. The molecule has 0 saturated heterocycles. The Morgan fingerprint density at radius 2 is 1.93 bits per heavy atom. The minimum atomic E-state index is -1.16. The molecule has 4 atom stereocenters. The van der Waals surface area contributed by atoms with Crippen molar-refractivity contribution in [3.05, 3.63) is 42.2 Å². The van der Waals surface area contributed by atoms with Gasteiger partial charge in [0.2, 0.25) is 0 Å². The third-order valence-corrected chi connectivity index (χ3v) is 7.13. The molecule has 0 aliphatic heterocycles. The van der Waals surface area contributed by atoms with Gasteiger partial charge in [0, 0.05) is 31.4 Å². The Morgan fingerprint density at radius 3 is 2.48 bits per heavy atom. The zero-order valence-electron chi connectivity index (χ0n) is 19.3. The van der Waals surface area contributed by atoms with Gasteiger partial charge in [0.1, 0.15) is 0 Å². The minimum Gasteiger partial charge on any atom is -0.302 e. The van der Waals surface area contributed by atoms with Gasteiger partial charge in [-0.25, -0.2) is 8.93 Å². The van der Waals surface area contributed by atoms with E-state index in [0.29, 0.717) is 5.92 Å². The molecule has 2 aromatic rings. The summed E-state index contributed by atoms with van der Waals surface area (Å²) in [4.78, 5) is 2.38. The first kappa shape index (κ1) is 23.8. The number of nitrogens with one attached hydrogen (secondary N) is 1. The molecule has 0 aliphatic carbocycles. The van der Waals surface area contributed by atoms with E-state index in [2.05, 4.69) is 66.8 Å². The van der Waals surface area contributed by atoms with Gasteiger partial charge < -0.3 is 4.90 Å². The van der Waals surface area contributed by atoms with E-state index in [9.17, 15) is 4.21 Å². The topological polar surface area (TPSA) is 50.2 Å². The maximum absolute atomic E-state index is 13.0. The van der Waals surface area contributed by atoms with E-state index in [0.717, 1.165) is 29.7 Å². The Bertz CT molecular complexity index is 811. The van der Waals surface area contributed by atoms with Crippen LogP contribution in [-0.2, 0) is 18.0 Å². The maximum Gasteiger partial charge on any atom is 0.0976 e. The Hall–Kier alpha value is -1.50. The van der Waals surface area contributed by atoms with E-state index < -0.39 is 11.0 Å². The third-order valence-electron chi connectivity index (χ3n) is 5.55. The van der Waals surface area contributed by atoms with Gasteiger partial charge in [-0.3, -0.25) is 4.68 Å². The number of benzene rings is 1. The van der Waals surface area contributed by atoms with Gasteiger partial charge in [-0.05, 0) is 57.9 Å². The molecule has 5 nitrogen and oxygen atoms in total. The highest BCUT2D eigenvalue weighted by molar-refractivity contribution is 7.84. The molecule has 29 heavy (non-hydrogen) atoms. The average molecular weight is 419 g/mol. The molecule has 1 heterocycles. The number of nitrogens with zero attached hydrogens (tertiary/aromatic N) is 3. The summed E-state index contributed by atoms with van der Waals surface area (Å²) in [7, 11) is 2.93. The fourth-order valence-corrected chi connectivity index (χ4v) is 4.18. The molecule has 0 fully saturated rings. The van der Waals surface area contributed by atoms with Crippen LogP contribution in [0.25, 0.3) is 11.1 Å². The van der Waals surface area contributed by atoms with Gasteiger partial charge in [-0.2, -0.15) is 5.10 Å². The standard InChI is InChI=1S/C23H38N4OS/c1-9-17(2)15-26(7)18(3)22(25-29(28)23(4,5)6)20-12-10-11-19(13-20)21-14-24-27(8)16-21/h10-14,16-18,22,25H,9,15H2,1-8H3. The summed E-state index contributed by atoms with van der Waals surface area (Å²) in [6, 6.07) is 8.66. The Balaban J connectivity index is 2.37. The summed E-state index contributed by atoms with van der Waals surface area (Å²) in [5.41, 5.74) is 3.36. The van der Waals surface area contributed by atoms with Crippen LogP contribution in [0.15, 0.2) is 36.7 Å². The van der Waals surface area contributed by atoms with E-state index >= 15 is 0 Å². The number of aromatic nitrogens is 2. The van der Waals surface area contributed by atoms with Gasteiger partial charge in [0.15, 0.2) is 0 Å². The molecule has 2 rings (SSSR count). The van der Waals surface area contributed by atoms with Crippen molar-refractivity contribution < 1.29 is 4.21 Å². The second-order valence-electron chi connectivity index (χ2n) is 9.20. The van der Waals surface area contributed by atoms with Crippen molar-refractivity contribution in [3.63, 3.8) is 0 Å².